The van der Waals surface area contributed by atoms with Gasteiger partial charge in [0.1, 0.15) is 17.1 Å². The molecule has 1 aromatic carbocycles. The Balaban J connectivity index is 3.03. The van der Waals surface area contributed by atoms with Crippen LogP contribution in [0.15, 0.2) is 23.4 Å². The fourth-order valence-electron chi connectivity index (χ4n) is 1.27. The minimum absolute atomic E-state index is 0.0234. The second-order valence-electron chi connectivity index (χ2n) is 4.76. The molecule has 0 heterocycles. The smallest absolute Gasteiger partial charge is 0.414 e. The molecule has 0 fully saturated rings. The summed E-state index contributed by atoms with van der Waals surface area (Å²) in [6.45, 7) is 5.13. The van der Waals surface area contributed by atoms with Crippen LogP contribution in [-0.2, 0) is 4.74 Å². The Kier molecular flexibility index (Phi) is 4.00. The first-order valence-electron chi connectivity index (χ1n) is 5.34. The molecule has 0 radical (unpaired) electrons. The zero-order valence-electron chi connectivity index (χ0n) is 10.7. The third-order valence-corrected chi connectivity index (χ3v) is 2.06. The molecule has 0 saturated carbocycles. The number of hydrogen-bond acceptors (Lipinski definition) is 4. The van der Waals surface area contributed by atoms with Crippen molar-refractivity contribution in [2.24, 2.45) is 5.18 Å². The zero-order valence-corrected chi connectivity index (χ0v) is 10.7. The van der Waals surface area contributed by atoms with Crippen molar-refractivity contribution < 1.29 is 13.9 Å². The van der Waals surface area contributed by atoms with E-state index >= 15 is 0 Å². The molecule has 0 bridgehead atoms. The minimum atomic E-state index is -0.682. The molecule has 0 N–H and O–H groups in total. The van der Waals surface area contributed by atoms with Gasteiger partial charge in [-0.1, -0.05) is 0 Å². The van der Waals surface area contributed by atoms with Crippen molar-refractivity contribution >= 4 is 17.5 Å². The topological polar surface area (TPSA) is 59.0 Å². The molecule has 0 aliphatic carbocycles. The summed E-state index contributed by atoms with van der Waals surface area (Å²) in [6, 6.07) is 3.36. The monoisotopic (exact) mass is 254 g/mol. The summed E-state index contributed by atoms with van der Waals surface area (Å²) < 4.78 is 18.2. The van der Waals surface area contributed by atoms with Crippen LogP contribution in [0.25, 0.3) is 0 Å². The molecule has 0 atom stereocenters. The summed E-state index contributed by atoms with van der Waals surface area (Å²) in [4.78, 5) is 23.4. The number of rotatable bonds is 2. The van der Waals surface area contributed by atoms with E-state index in [-0.39, 0.29) is 11.4 Å². The van der Waals surface area contributed by atoms with Crippen LogP contribution in [-0.4, -0.2) is 18.7 Å². The largest absolute Gasteiger partial charge is 0.443 e. The lowest BCUT2D eigenvalue weighted by atomic mass is 10.2. The van der Waals surface area contributed by atoms with E-state index in [1.807, 2.05) is 0 Å². The fourth-order valence-corrected chi connectivity index (χ4v) is 1.27. The quantitative estimate of drug-likeness (QED) is 0.757. The van der Waals surface area contributed by atoms with Gasteiger partial charge < -0.3 is 4.74 Å². The molecule has 1 aromatic rings. The van der Waals surface area contributed by atoms with E-state index in [0.29, 0.717) is 0 Å². The summed E-state index contributed by atoms with van der Waals surface area (Å²) >= 11 is 0. The first-order chi connectivity index (χ1) is 8.24. The lowest BCUT2D eigenvalue weighted by Crippen LogP contribution is -2.34. The Hall–Kier alpha value is -1.98. The van der Waals surface area contributed by atoms with Crippen molar-refractivity contribution in [3.8, 4) is 0 Å². The summed E-state index contributed by atoms with van der Waals surface area (Å²) in [5, 5.41) is 2.75. The molecule has 0 aliphatic rings. The Labute approximate surface area is 105 Å². The van der Waals surface area contributed by atoms with E-state index in [1.54, 1.807) is 20.8 Å². The molecule has 98 valence electrons. The third-order valence-electron chi connectivity index (χ3n) is 2.06. The number of carbonyl (C=O) groups excluding carboxylic acids is 1. The summed E-state index contributed by atoms with van der Waals surface area (Å²) in [5.74, 6) is -0.562. The van der Waals surface area contributed by atoms with Gasteiger partial charge in [-0.2, -0.15) is 0 Å². The molecule has 18 heavy (non-hydrogen) atoms. The highest BCUT2D eigenvalue weighted by Crippen LogP contribution is 2.29. The van der Waals surface area contributed by atoms with E-state index in [0.717, 1.165) is 17.0 Å². The first-order valence-corrected chi connectivity index (χ1v) is 5.34. The molecule has 5 nitrogen and oxygen atoms in total. The molecule has 0 saturated heterocycles. The van der Waals surface area contributed by atoms with Crippen LogP contribution in [0.4, 0.5) is 20.6 Å². The Bertz CT molecular complexity index is 469. The highest BCUT2D eigenvalue weighted by molar-refractivity contribution is 5.91. The molecule has 0 aliphatic heterocycles. The Morgan fingerprint density at radius 2 is 2.00 bits per heavy atom. The highest BCUT2D eigenvalue weighted by atomic mass is 19.1. The molecule has 6 heteroatoms. The second-order valence-corrected chi connectivity index (χ2v) is 4.76. The van der Waals surface area contributed by atoms with Gasteiger partial charge in [0.25, 0.3) is 0 Å². The number of halogens is 1. The van der Waals surface area contributed by atoms with Crippen LogP contribution in [0.1, 0.15) is 20.8 Å². The maximum absolute atomic E-state index is 13.1. The maximum Gasteiger partial charge on any atom is 0.414 e. The number of hydrogen-bond donors (Lipinski definition) is 0. The first kappa shape index (κ1) is 14.1. The predicted octanol–water partition coefficient (Wildman–Crippen LogP) is 3.59. The highest BCUT2D eigenvalue weighted by Gasteiger charge is 2.22. The Morgan fingerprint density at radius 1 is 1.39 bits per heavy atom. The van der Waals surface area contributed by atoms with Gasteiger partial charge in [-0.3, -0.25) is 4.90 Å². The lowest BCUT2D eigenvalue weighted by Gasteiger charge is -2.25. The van der Waals surface area contributed by atoms with Crippen molar-refractivity contribution in [1.29, 1.82) is 0 Å². The summed E-state index contributed by atoms with van der Waals surface area (Å²) in [5.41, 5.74) is -0.628. The number of nitrogens with zero attached hydrogens (tertiary/aromatic N) is 2. The number of carbonyl (C=O) groups is 1. The van der Waals surface area contributed by atoms with Gasteiger partial charge in [-0.25, -0.2) is 9.18 Å². The SMILES string of the molecule is CN(C(=O)OC(C)(C)C)c1cc(F)ccc1N=O. The average molecular weight is 254 g/mol. The molecule has 0 unspecified atom stereocenters. The normalized spacial score (nSPS) is 10.9. The summed E-state index contributed by atoms with van der Waals surface area (Å²) in [6.07, 6.45) is -0.682. The second kappa shape index (κ2) is 5.12. The molecule has 0 spiro atoms. The third kappa shape index (κ3) is 3.51. The van der Waals surface area contributed by atoms with Crippen molar-refractivity contribution in [1.82, 2.24) is 0 Å². The molecular weight excluding hydrogens is 239 g/mol. The van der Waals surface area contributed by atoms with Crippen LogP contribution >= 0.6 is 0 Å². The van der Waals surface area contributed by atoms with Crippen LogP contribution < -0.4 is 4.90 Å². The van der Waals surface area contributed by atoms with E-state index in [1.165, 1.54) is 13.1 Å². The van der Waals surface area contributed by atoms with E-state index < -0.39 is 17.5 Å². The van der Waals surface area contributed by atoms with Gasteiger partial charge >= 0.3 is 6.09 Å². The standard InChI is InChI=1S/C12H15FN2O3/c1-12(2,3)18-11(16)15(4)10-7-8(13)5-6-9(10)14-17/h5-7H,1-4H3. The average Bonchev–Trinajstić information content (AvgIpc) is 2.25. The lowest BCUT2D eigenvalue weighted by molar-refractivity contribution is 0.0589. The van der Waals surface area contributed by atoms with Gasteiger partial charge in [-0.05, 0) is 38.1 Å². The number of benzene rings is 1. The number of anilines is 1. The van der Waals surface area contributed by atoms with Gasteiger partial charge in [0, 0.05) is 13.1 Å². The molecule has 0 aromatic heterocycles. The fraction of sp³-hybridized carbons (Fsp3) is 0.417. The predicted molar refractivity (Wildman–Crippen MR) is 66.5 cm³/mol. The van der Waals surface area contributed by atoms with Crippen molar-refractivity contribution in [3.05, 3.63) is 28.9 Å². The number of amides is 1. The Morgan fingerprint density at radius 3 is 2.50 bits per heavy atom. The number of ether oxygens (including phenoxy) is 1. The van der Waals surface area contributed by atoms with Gasteiger partial charge in [0.05, 0.1) is 5.69 Å². The van der Waals surface area contributed by atoms with Gasteiger partial charge in [-0.15, -0.1) is 4.91 Å². The van der Waals surface area contributed by atoms with Crippen molar-refractivity contribution in [2.75, 3.05) is 11.9 Å². The van der Waals surface area contributed by atoms with Gasteiger partial charge in [0.15, 0.2) is 0 Å². The van der Waals surface area contributed by atoms with Crippen molar-refractivity contribution in [3.63, 3.8) is 0 Å². The van der Waals surface area contributed by atoms with Crippen LogP contribution in [0.3, 0.4) is 0 Å². The molecule has 1 rings (SSSR count). The van der Waals surface area contributed by atoms with Crippen LogP contribution in [0, 0.1) is 10.7 Å². The van der Waals surface area contributed by atoms with Crippen molar-refractivity contribution in [2.45, 2.75) is 26.4 Å². The number of nitroso groups, excluding NO2 is 1. The summed E-state index contributed by atoms with van der Waals surface area (Å²) in [7, 11) is 1.39. The molecular formula is C12H15FN2O3. The van der Waals surface area contributed by atoms with E-state index in [9.17, 15) is 14.1 Å². The van der Waals surface area contributed by atoms with E-state index in [2.05, 4.69) is 5.18 Å². The zero-order chi connectivity index (χ0) is 13.9. The molecule has 1 amide bonds. The minimum Gasteiger partial charge on any atom is -0.443 e. The maximum atomic E-state index is 13.1. The van der Waals surface area contributed by atoms with E-state index in [4.69, 9.17) is 4.74 Å². The van der Waals surface area contributed by atoms with Crippen LogP contribution in [0.5, 0.6) is 0 Å². The van der Waals surface area contributed by atoms with Gasteiger partial charge in [0.2, 0.25) is 0 Å². The van der Waals surface area contributed by atoms with Crippen LogP contribution in [0.2, 0.25) is 0 Å².